The Morgan fingerprint density at radius 1 is 1.09 bits per heavy atom. The number of hydrogen-bond acceptors (Lipinski definition) is 13. The number of carbonyl (C=O) groups is 6. The van der Waals surface area contributed by atoms with E-state index in [9.17, 15) is 54.3 Å². The number of nitrogens with zero attached hydrogens (tertiary/aromatic N) is 3. The van der Waals surface area contributed by atoms with E-state index in [0.717, 1.165) is 11.2 Å². The third kappa shape index (κ3) is 11.4. The van der Waals surface area contributed by atoms with E-state index in [1.165, 1.54) is 20.8 Å². The normalized spacial score (nSPS) is 20.6. The van der Waals surface area contributed by atoms with Crippen molar-refractivity contribution in [2.24, 2.45) is 5.10 Å². The Hall–Kier alpha value is -3.46. The summed E-state index contributed by atoms with van der Waals surface area (Å²) in [6.45, 7) is 5.51. The van der Waals surface area contributed by atoms with Gasteiger partial charge in [0, 0.05) is 24.4 Å². The molecule has 0 aliphatic carbocycles. The van der Waals surface area contributed by atoms with Gasteiger partial charge in [-0.3, -0.25) is 34.4 Å². The van der Waals surface area contributed by atoms with Crippen molar-refractivity contribution in [2.75, 3.05) is 25.6 Å². The maximum Gasteiger partial charge on any atom is 0.331 e. The maximum absolute atomic E-state index is 13.4. The van der Waals surface area contributed by atoms with Crippen LogP contribution in [0.5, 0.6) is 0 Å². The SMILES string of the molecule is C[C@H](NC(=O)[C@@H]1[C@H](O)[C@H](O)C=NN1C(=O)CO)C(=O)N(NCCCl)[C@H](C)C(=O)NNC(C)(C)CCCC(=O)N[C@@](C)(CO)C(=O)O. The van der Waals surface area contributed by atoms with Gasteiger partial charge in [-0.15, -0.1) is 11.6 Å². The van der Waals surface area contributed by atoms with Gasteiger partial charge in [0.2, 0.25) is 11.8 Å². The summed E-state index contributed by atoms with van der Waals surface area (Å²) in [6.07, 6.45) is -2.03. The molecule has 0 radical (unpaired) electrons. The van der Waals surface area contributed by atoms with Crippen molar-refractivity contribution in [1.82, 2.24) is 36.9 Å². The third-order valence-corrected chi connectivity index (χ3v) is 7.17. The van der Waals surface area contributed by atoms with Gasteiger partial charge in [0.25, 0.3) is 17.7 Å². The molecule has 46 heavy (non-hydrogen) atoms. The zero-order chi connectivity index (χ0) is 35.4. The van der Waals surface area contributed by atoms with Crippen molar-refractivity contribution in [1.29, 1.82) is 0 Å². The molecular formula is C26H45ClN8O11. The van der Waals surface area contributed by atoms with E-state index in [0.29, 0.717) is 11.4 Å². The van der Waals surface area contributed by atoms with Crippen LogP contribution in [-0.4, -0.2) is 144 Å². The second-order valence-electron chi connectivity index (χ2n) is 11.5. The van der Waals surface area contributed by atoms with E-state index < -0.39 is 90.1 Å². The number of rotatable bonds is 18. The number of carboxylic acid groups (broad SMARTS) is 1. The van der Waals surface area contributed by atoms with Crippen LogP contribution in [0.25, 0.3) is 0 Å². The van der Waals surface area contributed by atoms with Gasteiger partial charge in [0.1, 0.15) is 30.9 Å². The van der Waals surface area contributed by atoms with Gasteiger partial charge in [0.15, 0.2) is 11.6 Å². The molecule has 10 N–H and O–H groups in total. The van der Waals surface area contributed by atoms with Crippen LogP contribution < -0.4 is 26.9 Å². The first kappa shape index (κ1) is 40.6. The molecular weight excluding hydrogens is 636 g/mol. The van der Waals surface area contributed by atoms with E-state index in [2.05, 4.69) is 32.0 Å². The van der Waals surface area contributed by atoms with Crippen LogP contribution in [0.15, 0.2) is 5.10 Å². The van der Waals surface area contributed by atoms with Crippen LogP contribution in [0, 0.1) is 0 Å². The summed E-state index contributed by atoms with van der Waals surface area (Å²) in [5, 5.41) is 57.5. The Balaban J connectivity index is 2.85. The van der Waals surface area contributed by atoms with Crippen molar-refractivity contribution in [3.05, 3.63) is 0 Å². The molecule has 5 amide bonds. The number of nitrogens with one attached hydrogen (secondary N) is 5. The second kappa shape index (κ2) is 18.0. The van der Waals surface area contributed by atoms with Crippen molar-refractivity contribution < 1.29 is 54.3 Å². The standard InChI is InChI=1S/C26H45ClN8O11/c1-14(30-22(43)19-20(41)16(38)11-29-35(19)18(40)12-36)23(44)34(28-10-9-27)15(2)21(42)32-33-25(3,4)8-6-7-17(39)31-26(5,13-37)24(45)46/h11,14-16,19-20,28,33,36-38,41H,6-10,12-13H2,1-5H3,(H,30,43)(H,31,39)(H,32,42)(H,45,46)/t14-,15+,16+,19-,20+,26-/m0/s1. The molecule has 0 bridgehead atoms. The van der Waals surface area contributed by atoms with Gasteiger partial charge in [-0.1, -0.05) is 0 Å². The molecule has 0 aromatic rings. The molecule has 0 spiro atoms. The quantitative estimate of drug-likeness (QED) is 0.0487. The van der Waals surface area contributed by atoms with Crippen molar-refractivity contribution >= 4 is 53.3 Å². The number of aliphatic carboxylic acids is 1. The Labute approximate surface area is 270 Å². The lowest BCUT2D eigenvalue weighted by Gasteiger charge is -2.36. The summed E-state index contributed by atoms with van der Waals surface area (Å²) in [5.41, 5.74) is 5.45. The molecule has 6 atom stereocenters. The summed E-state index contributed by atoms with van der Waals surface area (Å²) < 4.78 is 0. The highest BCUT2D eigenvalue weighted by Crippen LogP contribution is 2.16. The van der Waals surface area contributed by atoms with E-state index in [1.54, 1.807) is 13.8 Å². The minimum absolute atomic E-state index is 0.0457. The zero-order valence-electron chi connectivity index (χ0n) is 26.3. The molecule has 1 rings (SSSR count). The van der Waals surface area contributed by atoms with Crippen LogP contribution in [0.1, 0.15) is 53.9 Å². The number of hydrazine groups is 2. The highest BCUT2D eigenvalue weighted by Gasteiger charge is 2.43. The topological polar surface area (TPSA) is 283 Å². The van der Waals surface area contributed by atoms with Crippen LogP contribution >= 0.6 is 11.6 Å². The summed E-state index contributed by atoms with van der Waals surface area (Å²) >= 11 is 5.76. The van der Waals surface area contributed by atoms with Gasteiger partial charge < -0.3 is 36.2 Å². The smallest absolute Gasteiger partial charge is 0.331 e. The molecule has 0 aromatic carbocycles. The fourth-order valence-electron chi connectivity index (χ4n) is 4.06. The highest BCUT2D eigenvalue weighted by molar-refractivity contribution is 6.18. The van der Waals surface area contributed by atoms with Crippen molar-refractivity contribution in [3.63, 3.8) is 0 Å². The molecule has 1 heterocycles. The summed E-state index contributed by atoms with van der Waals surface area (Å²) in [7, 11) is 0. The fraction of sp³-hybridized carbons (Fsp3) is 0.731. The first-order valence-electron chi connectivity index (χ1n) is 14.3. The largest absolute Gasteiger partial charge is 0.479 e. The van der Waals surface area contributed by atoms with E-state index in [-0.39, 0.29) is 25.3 Å². The molecule has 0 unspecified atom stereocenters. The Morgan fingerprint density at radius 3 is 2.26 bits per heavy atom. The summed E-state index contributed by atoms with van der Waals surface area (Å²) in [6, 6.07) is -4.29. The Morgan fingerprint density at radius 2 is 1.72 bits per heavy atom. The third-order valence-electron chi connectivity index (χ3n) is 6.98. The molecule has 19 nitrogen and oxygen atoms in total. The number of halogens is 1. The lowest BCUT2D eigenvalue weighted by atomic mass is 9.97. The predicted octanol–water partition coefficient (Wildman–Crippen LogP) is -4.12. The van der Waals surface area contributed by atoms with Crippen LogP contribution in [0.3, 0.4) is 0 Å². The number of aliphatic hydroxyl groups excluding tert-OH is 4. The predicted molar refractivity (Wildman–Crippen MR) is 161 cm³/mol. The maximum atomic E-state index is 13.4. The first-order chi connectivity index (χ1) is 21.3. The molecule has 1 aliphatic heterocycles. The van der Waals surface area contributed by atoms with Gasteiger partial charge in [-0.05, 0) is 47.5 Å². The van der Waals surface area contributed by atoms with Crippen LogP contribution in [-0.2, 0) is 28.8 Å². The zero-order valence-corrected chi connectivity index (χ0v) is 27.1. The number of amides is 5. The number of carbonyl (C=O) groups excluding carboxylic acids is 5. The van der Waals surface area contributed by atoms with Gasteiger partial charge >= 0.3 is 5.97 Å². The highest BCUT2D eigenvalue weighted by atomic mass is 35.5. The molecule has 0 saturated carbocycles. The molecule has 0 aromatic heterocycles. The molecule has 0 saturated heterocycles. The lowest BCUT2D eigenvalue weighted by molar-refractivity contribution is -0.152. The number of alkyl halides is 1. The van der Waals surface area contributed by atoms with Crippen molar-refractivity contribution in [3.8, 4) is 0 Å². The molecule has 20 heteroatoms. The average Bonchev–Trinajstić information content (AvgIpc) is 3.00. The number of aliphatic hydroxyl groups is 4. The van der Waals surface area contributed by atoms with Gasteiger partial charge in [0.05, 0.1) is 12.8 Å². The monoisotopic (exact) mass is 680 g/mol. The lowest BCUT2D eigenvalue weighted by Crippen LogP contribution is -2.64. The van der Waals surface area contributed by atoms with Gasteiger partial charge in [-0.25, -0.2) is 20.7 Å². The van der Waals surface area contributed by atoms with Crippen LogP contribution in [0.4, 0.5) is 0 Å². The molecule has 262 valence electrons. The summed E-state index contributed by atoms with van der Waals surface area (Å²) in [5.74, 6) is -5.52. The second-order valence-corrected chi connectivity index (χ2v) is 11.9. The van der Waals surface area contributed by atoms with E-state index in [1.807, 2.05) is 0 Å². The van der Waals surface area contributed by atoms with Gasteiger partial charge in [-0.2, -0.15) is 5.10 Å². The minimum atomic E-state index is -1.82. The van der Waals surface area contributed by atoms with E-state index in [4.69, 9.17) is 11.6 Å². The molecule has 1 aliphatic rings. The number of hydrogen-bond donors (Lipinski definition) is 10. The van der Waals surface area contributed by atoms with Crippen molar-refractivity contribution in [2.45, 2.75) is 95.3 Å². The average molecular weight is 681 g/mol. The number of hydrazone groups is 1. The first-order valence-corrected chi connectivity index (χ1v) is 14.9. The number of carboxylic acids is 1. The summed E-state index contributed by atoms with van der Waals surface area (Å²) in [4.78, 5) is 74.9. The Bertz CT molecular complexity index is 1140. The fourth-order valence-corrected chi connectivity index (χ4v) is 4.15. The minimum Gasteiger partial charge on any atom is -0.479 e. The molecule has 0 fully saturated rings. The van der Waals surface area contributed by atoms with E-state index >= 15 is 0 Å². The van der Waals surface area contributed by atoms with Crippen LogP contribution in [0.2, 0.25) is 0 Å². The Kier molecular flexibility index (Phi) is 15.9.